The van der Waals surface area contributed by atoms with Crippen LogP contribution in [-0.2, 0) is 6.42 Å². The highest BCUT2D eigenvalue weighted by atomic mass is 19.1. The highest BCUT2D eigenvalue weighted by Gasteiger charge is 2.57. The summed E-state index contributed by atoms with van der Waals surface area (Å²) in [6, 6.07) is 16.8. The number of amides is 2. The van der Waals surface area contributed by atoms with Crippen molar-refractivity contribution in [3.63, 3.8) is 0 Å². The first-order valence-electron chi connectivity index (χ1n) is 14.0. The van der Waals surface area contributed by atoms with Crippen molar-refractivity contribution < 1.29 is 9.18 Å². The van der Waals surface area contributed by atoms with Gasteiger partial charge in [0, 0.05) is 36.8 Å². The molecule has 2 unspecified atom stereocenters. The summed E-state index contributed by atoms with van der Waals surface area (Å²) >= 11 is 0. The van der Waals surface area contributed by atoms with Crippen LogP contribution >= 0.6 is 0 Å². The zero-order valence-electron chi connectivity index (χ0n) is 21.9. The van der Waals surface area contributed by atoms with Gasteiger partial charge in [-0.3, -0.25) is 15.2 Å². The molecule has 5 rings (SSSR count). The predicted molar refractivity (Wildman–Crippen MR) is 149 cm³/mol. The monoisotopic (exact) mass is 516 g/mol. The second kappa shape index (κ2) is 12.0. The number of piperidine rings is 1. The lowest BCUT2D eigenvalue weighted by atomic mass is 9.73. The average molecular weight is 517 g/mol. The summed E-state index contributed by atoms with van der Waals surface area (Å²) in [6.45, 7) is 2.19. The minimum Gasteiger partial charge on any atom is -0.385 e. The van der Waals surface area contributed by atoms with E-state index in [0.29, 0.717) is 25.1 Å². The Hall–Kier alpha value is -3.44. The Bertz CT molecular complexity index is 1200. The fraction of sp³-hybridized carbons (Fsp3) is 0.500. The van der Waals surface area contributed by atoms with Crippen LogP contribution < -0.4 is 20.9 Å². The number of urea groups is 1. The van der Waals surface area contributed by atoms with Crippen LogP contribution in [0.2, 0.25) is 0 Å². The van der Waals surface area contributed by atoms with Crippen LogP contribution in [0.25, 0.3) is 0 Å². The zero-order chi connectivity index (χ0) is 26.4. The topological polar surface area (TPSA) is 92.5 Å². The molecule has 3 N–H and O–H groups in total. The third kappa shape index (κ3) is 5.39. The number of carbonyl (C=O) groups is 1. The maximum atomic E-state index is 14.4. The Morgan fingerprint density at radius 2 is 2.00 bits per heavy atom. The number of hydrogen-bond donors (Lipinski definition) is 3. The molecule has 3 aliphatic rings. The van der Waals surface area contributed by atoms with E-state index in [1.54, 1.807) is 11.0 Å². The molecule has 2 atom stereocenters. The standard InChI is InChI=1S/C30H37FN6O/c31-24-10-8-13-26(20-24)37-29(38)36-28(35-25-11-2-1-3-12-25)30(37)15-18-33-21-23(30)19-22-9-4-5-14-27(22)34-17-7-6-16-32/h4-5,8-10,13-14,20,23,25,33-34H,1-3,6-7,11-12,15,17-19,21H2,(H,35,36,38). The van der Waals surface area contributed by atoms with Crippen LogP contribution in [0.5, 0.6) is 0 Å². The molecule has 2 aromatic carbocycles. The van der Waals surface area contributed by atoms with Gasteiger partial charge in [0.25, 0.3) is 0 Å². The van der Waals surface area contributed by atoms with E-state index in [9.17, 15) is 9.18 Å². The van der Waals surface area contributed by atoms with E-state index in [0.717, 1.165) is 68.7 Å². The molecule has 2 aromatic rings. The van der Waals surface area contributed by atoms with Gasteiger partial charge in [0.2, 0.25) is 0 Å². The Balaban J connectivity index is 1.54. The van der Waals surface area contributed by atoms with Gasteiger partial charge in [-0.15, -0.1) is 0 Å². The maximum Gasteiger partial charge on any atom is 0.328 e. The summed E-state index contributed by atoms with van der Waals surface area (Å²) in [5.74, 6) is 0.396. The maximum absolute atomic E-state index is 14.4. The van der Waals surface area contributed by atoms with E-state index in [-0.39, 0.29) is 23.8 Å². The van der Waals surface area contributed by atoms with Gasteiger partial charge < -0.3 is 10.6 Å². The zero-order valence-corrected chi connectivity index (χ0v) is 21.9. The number of nitrogens with zero attached hydrogens (tertiary/aromatic N) is 3. The lowest BCUT2D eigenvalue weighted by Gasteiger charge is -2.46. The molecule has 2 amide bonds. The number of hydrogen-bond acceptors (Lipinski definition) is 5. The van der Waals surface area contributed by atoms with Gasteiger partial charge in [0.15, 0.2) is 0 Å². The SMILES string of the molecule is N#CCCCNc1ccccc1CC1CNCCC12C(=NC1CCCCC1)NC(=O)N2c1cccc(F)c1. The normalized spacial score (nSPS) is 24.9. The van der Waals surface area contributed by atoms with Gasteiger partial charge in [-0.05, 0) is 68.5 Å². The van der Waals surface area contributed by atoms with Crippen molar-refractivity contribution in [3.8, 4) is 6.07 Å². The van der Waals surface area contributed by atoms with Crippen LogP contribution in [0.3, 0.4) is 0 Å². The van der Waals surface area contributed by atoms with Crippen molar-refractivity contribution >= 4 is 23.2 Å². The van der Waals surface area contributed by atoms with Gasteiger partial charge in [0.05, 0.1) is 12.1 Å². The minimum absolute atomic E-state index is 0.0165. The molecular weight excluding hydrogens is 479 g/mol. The third-order valence-electron chi connectivity index (χ3n) is 8.20. The van der Waals surface area contributed by atoms with Gasteiger partial charge in [-0.1, -0.05) is 43.5 Å². The Morgan fingerprint density at radius 3 is 2.82 bits per heavy atom. The number of unbranched alkanes of at least 4 members (excludes halogenated alkanes) is 1. The molecule has 2 saturated heterocycles. The van der Waals surface area contributed by atoms with Gasteiger partial charge in [-0.2, -0.15) is 5.26 Å². The lowest BCUT2D eigenvalue weighted by molar-refractivity contribution is 0.236. The lowest BCUT2D eigenvalue weighted by Crippen LogP contribution is -2.63. The molecule has 1 aliphatic carbocycles. The number of aliphatic imine (C=N–C) groups is 1. The summed E-state index contributed by atoms with van der Waals surface area (Å²) in [5, 5.41) is 19.1. The quantitative estimate of drug-likeness (QED) is 0.410. The fourth-order valence-electron chi connectivity index (χ4n) is 6.35. The van der Waals surface area contributed by atoms with Crippen molar-refractivity contribution in [3.05, 3.63) is 59.9 Å². The predicted octanol–water partition coefficient (Wildman–Crippen LogP) is 5.39. The van der Waals surface area contributed by atoms with Crippen LogP contribution in [0.15, 0.2) is 53.5 Å². The fourth-order valence-corrected chi connectivity index (χ4v) is 6.35. The summed E-state index contributed by atoms with van der Waals surface area (Å²) in [4.78, 5) is 20.6. The highest BCUT2D eigenvalue weighted by Crippen LogP contribution is 2.42. The van der Waals surface area contributed by atoms with E-state index in [4.69, 9.17) is 10.3 Å². The number of rotatable bonds is 8. The van der Waals surface area contributed by atoms with Crippen molar-refractivity contribution in [2.75, 3.05) is 29.9 Å². The van der Waals surface area contributed by atoms with Crippen molar-refractivity contribution in [2.24, 2.45) is 10.9 Å². The molecule has 7 nitrogen and oxygen atoms in total. The van der Waals surface area contributed by atoms with Gasteiger partial charge in [0.1, 0.15) is 17.2 Å². The molecule has 2 aliphatic heterocycles. The summed E-state index contributed by atoms with van der Waals surface area (Å²) in [7, 11) is 0. The average Bonchev–Trinajstić information content (AvgIpc) is 3.20. The number of nitrogens with one attached hydrogen (secondary N) is 3. The second-order valence-electron chi connectivity index (χ2n) is 10.6. The number of benzene rings is 2. The number of halogens is 1. The first-order valence-corrected chi connectivity index (χ1v) is 14.0. The Morgan fingerprint density at radius 1 is 1.16 bits per heavy atom. The van der Waals surface area contributed by atoms with Crippen molar-refractivity contribution in [1.29, 1.82) is 5.26 Å². The first kappa shape index (κ1) is 26.2. The van der Waals surface area contributed by atoms with E-state index < -0.39 is 5.54 Å². The van der Waals surface area contributed by atoms with Crippen LogP contribution in [0.4, 0.5) is 20.6 Å². The van der Waals surface area contributed by atoms with Crippen molar-refractivity contribution in [1.82, 2.24) is 10.6 Å². The van der Waals surface area contributed by atoms with E-state index in [2.05, 4.69) is 34.2 Å². The number of anilines is 2. The van der Waals surface area contributed by atoms with E-state index in [1.807, 2.05) is 18.2 Å². The molecule has 0 radical (unpaired) electrons. The van der Waals surface area contributed by atoms with Crippen molar-refractivity contribution in [2.45, 2.75) is 69.4 Å². The molecule has 0 bridgehead atoms. The van der Waals surface area contributed by atoms with Crippen LogP contribution in [0.1, 0.15) is 56.9 Å². The van der Waals surface area contributed by atoms with Gasteiger partial charge >= 0.3 is 6.03 Å². The minimum atomic E-state index is -0.693. The molecule has 3 fully saturated rings. The molecule has 0 aromatic heterocycles. The Labute approximate surface area is 224 Å². The van der Waals surface area contributed by atoms with Gasteiger partial charge in [-0.25, -0.2) is 9.18 Å². The number of amidine groups is 1. The Kier molecular flexibility index (Phi) is 8.23. The number of nitriles is 1. The molecular formula is C30H37FN6O. The molecule has 2 heterocycles. The third-order valence-corrected chi connectivity index (χ3v) is 8.20. The van der Waals surface area contributed by atoms with Crippen LogP contribution in [-0.4, -0.2) is 43.1 Å². The van der Waals surface area contributed by atoms with E-state index in [1.165, 1.54) is 18.6 Å². The molecule has 200 valence electrons. The van der Waals surface area contributed by atoms with E-state index >= 15 is 0 Å². The first-order chi connectivity index (χ1) is 18.6. The smallest absolute Gasteiger partial charge is 0.328 e. The summed E-state index contributed by atoms with van der Waals surface area (Å²) in [6.07, 6.45) is 8.33. The highest BCUT2D eigenvalue weighted by molar-refractivity contribution is 6.19. The number of para-hydroxylation sites is 1. The second-order valence-corrected chi connectivity index (χ2v) is 10.6. The molecule has 1 spiro atoms. The summed E-state index contributed by atoms with van der Waals surface area (Å²) in [5.41, 5.74) is 2.08. The molecule has 1 saturated carbocycles. The largest absolute Gasteiger partial charge is 0.385 e. The van der Waals surface area contributed by atoms with Crippen LogP contribution in [0, 0.1) is 23.1 Å². The summed E-state index contributed by atoms with van der Waals surface area (Å²) < 4.78 is 14.4. The molecule has 38 heavy (non-hydrogen) atoms. The molecule has 8 heteroatoms. The number of carbonyl (C=O) groups excluding carboxylic acids is 1.